The number of halogens is 2. The van der Waals surface area contributed by atoms with Crippen LogP contribution in [0.25, 0.3) is 0 Å². The van der Waals surface area contributed by atoms with Gasteiger partial charge in [0.25, 0.3) is 5.91 Å². The van der Waals surface area contributed by atoms with Crippen LogP contribution < -0.4 is 14.8 Å². The Bertz CT molecular complexity index is 720. The Hall–Kier alpha value is -1.91. The van der Waals surface area contributed by atoms with Gasteiger partial charge in [0.05, 0.1) is 10.7 Å². The number of hydrogen-bond acceptors (Lipinski definition) is 3. The van der Waals surface area contributed by atoms with Crippen LogP contribution in [-0.2, 0) is 4.79 Å². The highest BCUT2D eigenvalue weighted by atomic mass is 35.5. The Kier molecular flexibility index (Phi) is 4.14. The lowest BCUT2D eigenvalue weighted by Gasteiger charge is -2.31. The molecule has 0 aliphatic carbocycles. The SMILES string of the molecule is C[C@@H]1Oc2ccccc2O[C@@H]1C(=O)Nc1ccc(Cl)cc1Cl. The zero-order valence-corrected chi connectivity index (χ0v) is 13.2. The van der Waals surface area contributed by atoms with Crippen LogP contribution in [0, 0.1) is 0 Å². The third kappa shape index (κ3) is 2.98. The standard InChI is InChI=1S/C16H13Cl2NO3/c1-9-15(22-14-5-3-2-4-13(14)21-9)16(20)19-12-7-6-10(17)8-11(12)18/h2-9,15H,1H3,(H,19,20)/t9-,15-/m0/s1. The number of fused-ring (bicyclic) bond motifs is 1. The number of amides is 1. The first kappa shape index (κ1) is 15.0. The quantitative estimate of drug-likeness (QED) is 0.894. The van der Waals surface area contributed by atoms with Crippen molar-refractivity contribution in [3.05, 3.63) is 52.5 Å². The number of hydrogen-bond donors (Lipinski definition) is 1. The fraction of sp³-hybridized carbons (Fsp3) is 0.188. The van der Waals surface area contributed by atoms with E-state index in [0.29, 0.717) is 27.2 Å². The maximum Gasteiger partial charge on any atom is 0.269 e. The molecule has 1 aliphatic rings. The van der Waals surface area contributed by atoms with Gasteiger partial charge in [-0.05, 0) is 37.3 Å². The normalized spacial score (nSPS) is 19.6. The average Bonchev–Trinajstić information content (AvgIpc) is 2.49. The summed E-state index contributed by atoms with van der Waals surface area (Å²) in [6, 6.07) is 12.1. The predicted octanol–water partition coefficient (Wildman–Crippen LogP) is 4.16. The predicted molar refractivity (Wildman–Crippen MR) is 86.0 cm³/mol. The molecular formula is C16H13Cl2NO3. The second-order valence-corrected chi connectivity index (χ2v) is 5.77. The molecule has 1 N–H and O–H groups in total. The molecule has 0 saturated heterocycles. The lowest BCUT2D eigenvalue weighted by atomic mass is 10.1. The molecule has 2 atom stereocenters. The van der Waals surface area contributed by atoms with E-state index in [1.54, 1.807) is 37.3 Å². The van der Waals surface area contributed by atoms with E-state index in [9.17, 15) is 4.79 Å². The number of nitrogens with one attached hydrogen (secondary N) is 1. The van der Waals surface area contributed by atoms with E-state index < -0.39 is 12.2 Å². The van der Waals surface area contributed by atoms with Gasteiger partial charge in [-0.25, -0.2) is 0 Å². The Morgan fingerprint density at radius 3 is 2.45 bits per heavy atom. The van der Waals surface area contributed by atoms with Gasteiger partial charge in [-0.15, -0.1) is 0 Å². The van der Waals surface area contributed by atoms with E-state index in [-0.39, 0.29) is 5.91 Å². The van der Waals surface area contributed by atoms with Crippen LogP contribution in [0.15, 0.2) is 42.5 Å². The molecule has 22 heavy (non-hydrogen) atoms. The van der Waals surface area contributed by atoms with Crippen molar-refractivity contribution in [1.29, 1.82) is 0 Å². The molecule has 1 amide bonds. The second-order valence-electron chi connectivity index (χ2n) is 4.92. The van der Waals surface area contributed by atoms with E-state index >= 15 is 0 Å². The highest BCUT2D eigenvalue weighted by Crippen LogP contribution is 2.34. The molecule has 4 nitrogen and oxygen atoms in total. The van der Waals surface area contributed by atoms with Crippen molar-refractivity contribution in [1.82, 2.24) is 0 Å². The van der Waals surface area contributed by atoms with Gasteiger partial charge in [-0.3, -0.25) is 4.79 Å². The van der Waals surface area contributed by atoms with Gasteiger partial charge < -0.3 is 14.8 Å². The number of carbonyl (C=O) groups excluding carboxylic acids is 1. The fourth-order valence-electron chi connectivity index (χ4n) is 2.20. The molecule has 6 heteroatoms. The maximum absolute atomic E-state index is 12.4. The summed E-state index contributed by atoms with van der Waals surface area (Å²) in [5, 5.41) is 3.60. The highest BCUT2D eigenvalue weighted by Gasteiger charge is 2.34. The van der Waals surface area contributed by atoms with Crippen LogP contribution in [0.4, 0.5) is 5.69 Å². The molecule has 0 saturated carbocycles. The summed E-state index contributed by atoms with van der Waals surface area (Å²) in [5.74, 6) is 0.845. The van der Waals surface area contributed by atoms with Crippen molar-refractivity contribution in [2.45, 2.75) is 19.1 Å². The number of para-hydroxylation sites is 2. The van der Waals surface area contributed by atoms with Crippen LogP contribution in [0.2, 0.25) is 10.0 Å². The first-order chi connectivity index (χ1) is 10.5. The Labute approximate surface area is 137 Å². The van der Waals surface area contributed by atoms with Crippen molar-refractivity contribution in [2.24, 2.45) is 0 Å². The molecule has 0 bridgehead atoms. The van der Waals surface area contributed by atoms with E-state index in [2.05, 4.69) is 5.32 Å². The summed E-state index contributed by atoms with van der Waals surface area (Å²) in [6.45, 7) is 1.78. The third-order valence-electron chi connectivity index (χ3n) is 3.29. The lowest BCUT2D eigenvalue weighted by molar-refractivity contribution is -0.128. The van der Waals surface area contributed by atoms with Crippen LogP contribution in [-0.4, -0.2) is 18.1 Å². The van der Waals surface area contributed by atoms with Crippen molar-refractivity contribution in [2.75, 3.05) is 5.32 Å². The minimum Gasteiger partial charge on any atom is -0.482 e. The van der Waals surface area contributed by atoms with Crippen LogP contribution in [0.5, 0.6) is 11.5 Å². The highest BCUT2D eigenvalue weighted by molar-refractivity contribution is 6.36. The number of benzene rings is 2. The van der Waals surface area contributed by atoms with E-state index in [1.807, 2.05) is 12.1 Å². The molecule has 114 valence electrons. The smallest absolute Gasteiger partial charge is 0.269 e. The van der Waals surface area contributed by atoms with E-state index in [1.165, 1.54) is 0 Å². The van der Waals surface area contributed by atoms with Crippen LogP contribution >= 0.6 is 23.2 Å². The number of ether oxygens (including phenoxy) is 2. The molecule has 1 heterocycles. The van der Waals surface area contributed by atoms with Crippen molar-refractivity contribution >= 4 is 34.8 Å². The number of carbonyl (C=O) groups is 1. The molecule has 1 aliphatic heterocycles. The monoisotopic (exact) mass is 337 g/mol. The van der Waals surface area contributed by atoms with Gasteiger partial charge in [0.15, 0.2) is 11.5 Å². The largest absolute Gasteiger partial charge is 0.482 e. The van der Waals surface area contributed by atoms with Gasteiger partial charge in [0.1, 0.15) is 6.10 Å². The summed E-state index contributed by atoms with van der Waals surface area (Å²) >= 11 is 11.9. The number of anilines is 1. The molecule has 3 rings (SSSR count). The van der Waals surface area contributed by atoms with Gasteiger partial charge in [0, 0.05) is 5.02 Å². The summed E-state index contributed by atoms with van der Waals surface area (Å²) in [5.41, 5.74) is 0.478. The van der Waals surface area contributed by atoms with Crippen molar-refractivity contribution in [3.63, 3.8) is 0 Å². The topological polar surface area (TPSA) is 47.6 Å². The summed E-state index contributed by atoms with van der Waals surface area (Å²) < 4.78 is 11.4. The fourth-order valence-corrected chi connectivity index (χ4v) is 2.66. The van der Waals surface area contributed by atoms with Gasteiger partial charge in [-0.2, -0.15) is 0 Å². The minimum atomic E-state index is -0.762. The van der Waals surface area contributed by atoms with Crippen molar-refractivity contribution in [3.8, 4) is 11.5 Å². The summed E-state index contributed by atoms with van der Waals surface area (Å²) in [7, 11) is 0. The molecular weight excluding hydrogens is 325 g/mol. The lowest BCUT2D eigenvalue weighted by Crippen LogP contribution is -2.46. The van der Waals surface area contributed by atoms with Gasteiger partial charge in [-0.1, -0.05) is 35.3 Å². The molecule has 0 fully saturated rings. The first-order valence-corrected chi connectivity index (χ1v) is 7.48. The number of rotatable bonds is 2. The zero-order chi connectivity index (χ0) is 15.7. The van der Waals surface area contributed by atoms with E-state index in [4.69, 9.17) is 32.7 Å². The molecule has 0 unspecified atom stereocenters. The Morgan fingerprint density at radius 1 is 1.09 bits per heavy atom. The summed E-state index contributed by atoms with van der Waals surface area (Å²) in [4.78, 5) is 12.4. The molecule has 2 aromatic carbocycles. The zero-order valence-electron chi connectivity index (χ0n) is 11.7. The Balaban J connectivity index is 1.78. The van der Waals surface area contributed by atoms with Gasteiger partial charge in [0.2, 0.25) is 6.10 Å². The molecule has 0 radical (unpaired) electrons. The molecule has 0 spiro atoms. The maximum atomic E-state index is 12.4. The Morgan fingerprint density at radius 2 is 1.77 bits per heavy atom. The molecule has 0 aromatic heterocycles. The third-order valence-corrected chi connectivity index (χ3v) is 3.84. The first-order valence-electron chi connectivity index (χ1n) is 6.73. The summed E-state index contributed by atoms with van der Waals surface area (Å²) in [6.07, 6.45) is -1.18. The van der Waals surface area contributed by atoms with Crippen LogP contribution in [0.1, 0.15) is 6.92 Å². The van der Waals surface area contributed by atoms with E-state index in [0.717, 1.165) is 0 Å². The second kappa shape index (κ2) is 6.07. The minimum absolute atomic E-state index is 0.328. The van der Waals surface area contributed by atoms with Crippen LogP contribution in [0.3, 0.4) is 0 Å². The molecule has 2 aromatic rings. The average molecular weight is 338 g/mol. The van der Waals surface area contributed by atoms with Crippen molar-refractivity contribution < 1.29 is 14.3 Å². The van der Waals surface area contributed by atoms with Gasteiger partial charge >= 0.3 is 0 Å².